The van der Waals surface area contributed by atoms with E-state index in [1.807, 2.05) is 48.5 Å². The van der Waals surface area contributed by atoms with Gasteiger partial charge in [-0.3, -0.25) is 4.90 Å². The van der Waals surface area contributed by atoms with E-state index in [0.717, 1.165) is 16.0 Å². The van der Waals surface area contributed by atoms with Crippen molar-refractivity contribution in [3.05, 3.63) is 71.8 Å². The van der Waals surface area contributed by atoms with Gasteiger partial charge in [0.25, 0.3) is 0 Å². The van der Waals surface area contributed by atoms with Gasteiger partial charge in [0, 0.05) is 20.0 Å². The summed E-state index contributed by atoms with van der Waals surface area (Å²) in [4.78, 5) is 16.1. The summed E-state index contributed by atoms with van der Waals surface area (Å²) < 4.78 is 34.9. The summed E-state index contributed by atoms with van der Waals surface area (Å²) in [5, 5.41) is 46.5. The highest BCUT2D eigenvalue weighted by atomic mass is 16.8. The number of fused-ring (bicyclic) bond motifs is 2. The zero-order chi connectivity index (χ0) is 33.1. The number of nitrogens with two attached hydrogens (primary N) is 1. The van der Waals surface area contributed by atoms with Gasteiger partial charge in [-0.1, -0.05) is 60.7 Å². The second-order valence-corrected chi connectivity index (χ2v) is 12.3. The van der Waals surface area contributed by atoms with Crippen LogP contribution in [0.25, 0.3) is 0 Å². The molecule has 254 valence electrons. The number of likely N-dealkylation sites (N-methyl/N-ethyl adjacent to an activating group) is 2. The van der Waals surface area contributed by atoms with Crippen LogP contribution < -0.4 is 5.73 Å². The van der Waals surface area contributed by atoms with Gasteiger partial charge in [-0.25, -0.2) is 4.79 Å². The normalized spacial score (nSPS) is 35.7. The topological polar surface area (TPSA) is 186 Å². The minimum atomic E-state index is -2.47. The van der Waals surface area contributed by atoms with E-state index in [4.69, 9.17) is 34.2 Å². The first-order valence-corrected chi connectivity index (χ1v) is 15.3. The molecule has 0 bridgehead atoms. The second kappa shape index (κ2) is 14.6. The largest absolute Gasteiger partial charge is 0.445 e. The van der Waals surface area contributed by atoms with Crippen molar-refractivity contribution in [1.29, 1.82) is 0 Å². The Morgan fingerprint density at radius 2 is 1.54 bits per heavy atom. The molecule has 0 aromatic heterocycles. The Kier molecular flexibility index (Phi) is 11.0. The van der Waals surface area contributed by atoms with E-state index in [9.17, 15) is 25.2 Å². The maximum Gasteiger partial charge on any atom is 0.410 e. The molecular formula is C32H45N3O11. The predicted molar refractivity (Wildman–Crippen MR) is 161 cm³/mol. The van der Waals surface area contributed by atoms with Crippen LogP contribution >= 0.6 is 0 Å². The van der Waals surface area contributed by atoms with E-state index in [2.05, 4.69) is 0 Å². The number of aliphatic hydroxyl groups is 4. The van der Waals surface area contributed by atoms with Crippen LogP contribution in [0.1, 0.15) is 24.5 Å². The number of nitrogens with zero attached hydrogens (tertiary/aromatic N) is 2. The molecule has 1 aliphatic carbocycles. The lowest BCUT2D eigenvalue weighted by Crippen LogP contribution is -2.81. The van der Waals surface area contributed by atoms with Gasteiger partial charge in [0.15, 0.2) is 0 Å². The highest BCUT2D eigenvalue weighted by Gasteiger charge is 2.69. The van der Waals surface area contributed by atoms with Gasteiger partial charge in [-0.15, -0.1) is 0 Å². The van der Waals surface area contributed by atoms with Crippen LogP contribution in [0.3, 0.4) is 0 Å². The van der Waals surface area contributed by atoms with Crippen molar-refractivity contribution in [3.63, 3.8) is 0 Å². The fourth-order valence-corrected chi connectivity index (χ4v) is 6.51. The Labute approximate surface area is 268 Å². The standard InChI is InChI=1S/C32H45N3O11/c1-20-14-31(39,17-33)32(40)29(44-20)45-28-26(37)23(34(2)18-42-19-41-15-21-10-6-4-7-11-21)25(36)24(27(28)46-32)35(3)30(38)43-16-22-12-8-5-9-13-22/h4-13,20,23-29,36-37,39-40H,14-19,33H2,1-3H3/t20-,23-,24+,25+,26+,27-,28-,29+,31?,32-/m1/s1. The molecule has 0 radical (unpaired) electrons. The van der Waals surface area contributed by atoms with Crippen LogP contribution in [-0.2, 0) is 41.6 Å². The van der Waals surface area contributed by atoms with Crippen molar-refractivity contribution in [2.24, 2.45) is 5.73 Å². The third kappa shape index (κ3) is 6.93. The predicted octanol–water partition coefficient (Wildman–Crippen LogP) is 0.105. The molecule has 46 heavy (non-hydrogen) atoms. The summed E-state index contributed by atoms with van der Waals surface area (Å²) in [6.07, 6.45) is -8.41. The Morgan fingerprint density at radius 1 is 0.913 bits per heavy atom. The molecule has 1 unspecified atom stereocenters. The van der Waals surface area contributed by atoms with E-state index >= 15 is 0 Å². The van der Waals surface area contributed by atoms with Crippen LogP contribution in [-0.4, -0.2) is 131 Å². The maximum atomic E-state index is 13.4. The number of carbonyl (C=O) groups is 1. The summed E-state index contributed by atoms with van der Waals surface area (Å²) in [6, 6.07) is 16.4. The van der Waals surface area contributed by atoms with Crippen molar-refractivity contribution in [2.75, 3.05) is 34.2 Å². The van der Waals surface area contributed by atoms with Crippen molar-refractivity contribution >= 4 is 6.09 Å². The summed E-state index contributed by atoms with van der Waals surface area (Å²) in [6.45, 7) is 1.47. The van der Waals surface area contributed by atoms with Crippen molar-refractivity contribution in [2.45, 2.75) is 86.8 Å². The molecule has 10 atom stereocenters. The molecule has 5 rings (SSSR count). The first-order valence-electron chi connectivity index (χ1n) is 15.3. The first kappa shape index (κ1) is 34.6. The number of ether oxygens (including phenoxy) is 6. The van der Waals surface area contributed by atoms with Crippen LogP contribution in [0.2, 0.25) is 0 Å². The minimum Gasteiger partial charge on any atom is -0.445 e. The number of rotatable bonds is 11. The second-order valence-electron chi connectivity index (χ2n) is 12.3. The lowest BCUT2D eigenvalue weighted by Gasteiger charge is -2.61. The van der Waals surface area contributed by atoms with Crippen molar-refractivity contribution in [3.8, 4) is 0 Å². The van der Waals surface area contributed by atoms with Gasteiger partial charge < -0.3 is 59.5 Å². The van der Waals surface area contributed by atoms with Gasteiger partial charge in [-0.05, 0) is 25.1 Å². The number of carbonyl (C=O) groups excluding carboxylic acids is 1. The molecule has 3 fully saturated rings. The highest BCUT2D eigenvalue weighted by Crippen LogP contribution is 2.47. The minimum absolute atomic E-state index is 0.0360. The highest BCUT2D eigenvalue weighted by molar-refractivity contribution is 5.68. The number of aliphatic hydroxyl groups excluding tert-OH is 2. The monoisotopic (exact) mass is 647 g/mol. The Bertz CT molecular complexity index is 1280. The lowest BCUT2D eigenvalue weighted by atomic mass is 9.77. The SMILES string of the molecule is C[C@@H]1CC(O)(CN)[C@]2(O)O[C@H]3[C@H](O[C@@H]2O1)[C@@H](O)[C@H](N(C)COCOCc1ccccc1)[C@H](O)[C@@H]3N(C)C(=O)OCc1ccccc1. The number of hydrogen-bond acceptors (Lipinski definition) is 13. The van der Waals surface area contributed by atoms with Crippen molar-refractivity contribution in [1.82, 2.24) is 9.80 Å². The smallest absolute Gasteiger partial charge is 0.410 e. The molecule has 6 N–H and O–H groups in total. The quantitative estimate of drug-likeness (QED) is 0.164. The summed E-state index contributed by atoms with van der Waals surface area (Å²) >= 11 is 0. The molecule has 14 heteroatoms. The molecule has 2 aliphatic heterocycles. The van der Waals surface area contributed by atoms with Crippen LogP contribution in [0.4, 0.5) is 4.79 Å². The van der Waals surface area contributed by atoms with Crippen LogP contribution in [0, 0.1) is 0 Å². The summed E-state index contributed by atoms with van der Waals surface area (Å²) in [7, 11) is 3.04. The van der Waals surface area contributed by atoms with Crippen LogP contribution in [0.5, 0.6) is 0 Å². The van der Waals surface area contributed by atoms with Gasteiger partial charge >= 0.3 is 6.09 Å². The van der Waals surface area contributed by atoms with E-state index in [-0.39, 0.29) is 26.6 Å². The third-order valence-electron chi connectivity index (χ3n) is 8.97. The van der Waals surface area contributed by atoms with E-state index in [1.54, 1.807) is 31.0 Å². The lowest BCUT2D eigenvalue weighted by molar-refractivity contribution is -0.484. The molecule has 0 spiro atoms. The molecule has 14 nitrogen and oxygen atoms in total. The molecule has 3 aliphatic rings. The Balaban J connectivity index is 1.35. The summed E-state index contributed by atoms with van der Waals surface area (Å²) in [5.41, 5.74) is 5.64. The fourth-order valence-electron chi connectivity index (χ4n) is 6.51. The number of hydrogen-bond donors (Lipinski definition) is 5. The fraction of sp³-hybridized carbons (Fsp3) is 0.594. The summed E-state index contributed by atoms with van der Waals surface area (Å²) in [5.74, 6) is -2.47. The van der Waals surface area contributed by atoms with Gasteiger partial charge in [0.1, 0.15) is 44.0 Å². The van der Waals surface area contributed by atoms with E-state index < -0.39 is 72.9 Å². The van der Waals surface area contributed by atoms with Crippen LogP contribution in [0.15, 0.2) is 60.7 Å². The molecule has 2 saturated heterocycles. The number of benzene rings is 2. The van der Waals surface area contributed by atoms with E-state index in [0.29, 0.717) is 6.61 Å². The molecule has 2 aromatic rings. The Hall–Kier alpha value is -2.73. The molecule has 2 aromatic carbocycles. The zero-order valence-corrected chi connectivity index (χ0v) is 26.3. The average molecular weight is 648 g/mol. The van der Waals surface area contributed by atoms with E-state index in [1.165, 1.54) is 7.05 Å². The Morgan fingerprint density at radius 3 is 2.17 bits per heavy atom. The average Bonchev–Trinajstić information content (AvgIpc) is 3.04. The number of amides is 1. The van der Waals surface area contributed by atoms with Gasteiger partial charge in [0.05, 0.1) is 30.9 Å². The van der Waals surface area contributed by atoms with Gasteiger partial charge in [0.2, 0.25) is 12.1 Å². The zero-order valence-electron chi connectivity index (χ0n) is 26.3. The van der Waals surface area contributed by atoms with Crippen molar-refractivity contribution < 1.29 is 53.6 Å². The third-order valence-corrected chi connectivity index (χ3v) is 8.97. The molecular weight excluding hydrogens is 602 g/mol. The first-order chi connectivity index (χ1) is 22.0. The maximum absolute atomic E-state index is 13.4. The van der Waals surface area contributed by atoms with Gasteiger partial charge in [-0.2, -0.15) is 0 Å². The molecule has 2 heterocycles. The molecule has 1 amide bonds. The molecule has 1 saturated carbocycles.